The fraction of sp³-hybridized carbons (Fsp3) is 0.455. The molecule has 0 saturated heterocycles. The van der Waals surface area contributed by atoms with Crippen molar-refractivity contribution in [3.05, 3.63) is 50.1 Å². The van der Waals surface area contributed by atoms with Gasteiger partial charge in [0.15, 0.2) is 0 Å². The summed E-state index contributed by atoms with van der Waals surface area (Å²) in [6.45, 7) is 10.8. The predicted octanol–water partition coefficient (Wildman–Crippen LogP) is 5.74. The normalized spacial score (nSPS) is 11.5. The summed E-state index contributed by atoms with van der Waals surface area (Å²) in [6, 6.07) is 0. The first-order valence-corrected chi connectivity index (χ1v) is 14.5. The van der Waals surface area contributed by atoms with E-state index in [1.807, 2.05) is 4.90 Å². The standard InChI is InChI=1S/C33H45NO9/c1-16-25(35)17(2)29(39)22(28(16)38)11-7-9-13-34(15-24-32(42)20(5)27(37)21(6)33(24)43)14-10-8-12-23-30(40)18(3)26(36)19(4)31(23)41/h35-43H,7-15H2,1-6H3. The third-order valence-corrected chi connectivity index (χ3v) is 8.66. The lowest BCUT2D eigenvalue weighted by molar-refractivity contribution is 0.246. The summed E-state index contributed by atoms with van der Waals surface area (Å²) < 4.78 is 0. The van der Waals surface area contributed by atoms with E-state index in [1.165, 1.54) is 0 Å². The number of hydrogen-bond donors (Lipinski definition) is 9. The number of nitrogens with zero attached hydrogens (tertiary/aromatic N) is 1. The van der Waals surface area contributed by atoms with Crippen molar-refractivity contribution in [3.63, 3.8) is 0 Å². The molecule has 0 aliphatic carbocycles. The van der Waals surface area contributed by atoms with Crippen molar-refractivity contribution in [2.75, 3.05) is 13.1 Å². The zero-order valence-electron chi connectivity index (χ0n) is 25.8. The van der Waals surface area contributed by atoms with E-state index in [4.69, 9.17) is 0 Å². The second-order valence-corrected chi connectivity index (χ2v) is 11.5. The van der Waals surface area contributed by atoms with Crippen LogP contribution < -0.4 is 0 Å². The van der Waals surface area contributed by atoms with Gasteiger partial charge in [0.05, 0.1) is 5.56 Å². The topological polar surface area (TPSA) is 185 Å². The Morgan fingerprint density at radius 2 is 0.605 bits per heavy atom. The van der Waals surface area contributed by atoms with Crippen LogP contribution in [0.4, 0.5) is 0 Å². The van der Waals surface area contributed by atoms with Crippen LogP contribution in [0.3, 0.4) is 0 Å². The van der Waals surface area contributed by atoms with Gasteiger partial charge in [-0.1, -0.05) is 0 Å². The Hall–Kier alpha value is -4.18. The van der Waals surface area contributed by atoms with Crippen LogP contribution in [0, 0.1) is 41.5 Å². The molecule has 10 nitrogen and oxygen atoms in total. The van der Waals surface area contributed by atoms with Gasteiger partial charge in [-0.2, -0.15) is 0 Å². The molecule has 43 heavy (non-hydrogen) atoms. The maximum atomic E-state index is 10.7. The second kappa shape index (κ2) is 13.4. The van der Waals surface area contributed by atoms with Gasteiger partial charge in [0, 0.05) is 51.1 Å². The monoisotopic (exact) mass is 599 g/mol. The SMILES string of the molecule is Cc1c(O)c(C)c(O)c(CCCCN(CCCCc2c(O)c(C)c(O)c(C)c2O)Cc2c(O)c(C)c(O)c(C)c2O)c1O. The molecule has 9 N–H and O–H groups in total. The van der Waals surface area contributed by atoms with Gasteiger partial charge in [-0.15, -0.1) is 0 Å². The predicted molar refractivity (Wildman–Crippen MR) is 164 cm³/mol. The zero-order chi connectivity index (χ0) is 32.3. The Bertz CT molecular complexity index is 1350. The summed E-state index contributed by atoms with van der Waals surface area (Å²) >= 11 is 0. The molecule has 0 bridgehead atoms. The van der Waals surface area contributed by atoms with Crippen molar-refractivity contribution in [1.82, 2.24) is 4.90 Å². The quantitative estimate of drug-likeness (QED) is 0.116. The van der Waals surface area contributed by atoms with Crippen molar-refractivity contribution in [1.29, 1.82) is 0 Å². The largest absolute Gasteiger partial charge is 0.507 e. The highest BCUT2D eigenvalue weighted by atomic mass is 16.3. The summed E-state index contributed by atoms with van der Waals surface area (Å²) in [4.78, 5) is 2.05. The van der Waals surface area contributed by atoms with E-state index < -0.39 is 0 Å². The number of unbranched alkanes of at least 4 members (excludes halogenated alkanes) is 2. The van der Waals surface area contributed by atoms with Gasteiger partial charge < -0.3 is 46.0 Å². The molecule has 0 radical (unpaired) electrons. The lowest BCUT2D eigenvalue weighted by Crippen LogP contribution is -2.26. The second-order valence-electron chi connectivity index (χ2n) is 11.5. The van der Waals surface area contributed by atoms with Crippen LogP contribution >= 0.6 is 0 Å². The minimum Gasteiger partial charge on any atom is -0.507 e. The molecule has 10 heteroatoms. The van der Waals surface area contributed by atoms with Crippen LogP contribution in [0.15, 0.2) is 0 Å². The molecule has 236 valence electrons. The fourth-order valence-corrected chi connectivity index (χ4v) is 5.60. The average Bonchev–Trinajstić information content (AvgIpc) is 2.99. The molecule has 3 aromatic rings. The van der Waals surface area contributed by atoms with Crippen LogP contribution in [-0.2, 0) is 19.4 Å². The van der Waals surface area contributed by atoms with Crippen LogP contribution in [0.5, 0.6) is 51.7 Å². The van der Waals surface area contributed by atoms with Crippen molar-refractivity contribution >= 4 is 0 Å². The maximum Gasteiger partial charge on any atom is 0.130 e. The lowest BCUT2D eigenvalue weighted by atomic mass is 9.97. The van der Waals surface area contributed by atoms with E-state index >= 15 is 0 Å². The Kier molecular flexibility index (Phi) is 10.4. The minimum absolute atomic E-state index is 0.131. The molecule has 0 unspecified atom stereocenters. The first kappa shape index (κ1) is 33.3. The van der Waals surface area contributed by atoms with Gasteiger partial charge in [-0.25, -0.2) is 0 Å². The highest BCUT2D eigenvalue weighted by Crippen LogP contribution is 2.44. The zero-order valence-corrected chi connectivity index (χ0v) is 25.8. The molecule has 0 saturated carbocycles. The number of benzene rings is 3. The number of rotatable bonds is 12. The summed E-state index contributed by atoms with van der Waals surface area (Å²) in [5.41, 5.74) is 2.85. The molecule has 0 spiro atoms. The number of hydrogen-bond acceptors (Lipinski definition) is 10. The molecule has 0 aromatic heterocycles. The van der Waals surface area contributed by atoms with Gasteiger partial charge in [0.1, 0.15) is 51.7 Å². The Morgan fingerprint density at radius 3 is 0.884 bits per heavy atom. The van der Waals surface area contributed by atoms with E-state index in [2.05, 4.69) is 0 Å². The van der Waals surface area contributed by atoms with Gasteiger partial charge in [-0.05, 0) is 93.2 Å². The molecule has 0 fully saturated rings. The van der Waals surface area contributed by atoms with E-state index in [-0.39, 0.29) is 69.4 Å². The smallest absolute Gasteiger partial charge is 0.130 e. The van der Waals surface area contributed by atoms with E-state index in [1.54, 1.807) is 41.5 Å². The third-order valence-electron chi connectivity index (χ3n) is 8.66. The Labute approximate surface area is 252 Å². The molecule has 0 amide bonds. The number of phenols is 9. The highest BCUT2D eigenvalue weighted by Gasteiger charge is 2.22. The molecular formula is C33H45NO9. The van der Waals surface area contributed by atoms with Gasteiger partial charge in [0.2, 0.25) is 0 Å². The summed E-state index contributed by atoms with van der Waals surface area (Å²) in [5, 5.41) is 93.9. The average molecular weight is 600 g/mol. The van der Waals surface area contributed by atoms with Gasteiger partial charge >= 0.3 is 0 Å². The summed E-state index contributed by atoms with van der Waals surface area (Å²) in [7, 11) is 0. The fourth-order valence-electron chi connectivity index (χ4n) is 5.60. The molecule has 0 aliphatic heterocycles. The Balaban J connectivity index is 1.75. The molecule has 3 rings (SSSR count). The van der Waals surface area contributed by atoms with Crippen LogP contribution in [0.25, 0.3) is 0 Å². The van der Waals surface area contributed by atoms with E-state index in [9.17, 15) is 46.0 Å². The molecule has 0 aliphatic rings. The highest BCUT2D eigenvalue weighted by molar-refractivity contribution is 5.62. The molecule has 0 heterocycles. The van der Waals surface area contributed by atoms with Crippen molar-refractivity contribution in [2.24, 2.45) is 0 Å². The Morgan fingerprint density at radius 1 is 0.349 bits per heavy atom. The first-order chi connectivity index (χ1) is 20.1. The number of phenolic OH excluding ortho intramolecular Hbond substituents is 9. The first-order valence-electron chi connectivity index (χ1n) is 14.5. The summed E-state index contributed by atoms with van der Waals surface area (Å²) in [5.74, 6) is -1.32. The van der Waals surface area contributed by atoms with E-state index in [0.29, 0.717) is 90.6 Å². The van der Waals surface area contributed by atoms with Gasteiger partial charge in [0.25, 0.3) is 0 Å². The van der Waals surface area contributed by atoms with Crippen molar-refractivity contribution in [2.45, 2.75) is 86.6 Å². The third kappa shape index (κ3) is 6.59. The summed E-state index contributed by atoms with van der Waals surface area (Å²) in [6.07, 6.45) is 3.24. The molecular weight excluding hydrogens is 554 g/mol. The van der Waals surface area contributed by atoms with Crippen molar-refractivity contribution < 1.29 is 46.0 Å². The molecule has 3 aromatic carbocycles. The van der Waals surface area contributed by atoms with Crippen LogP contribution in [-0.4, -0.2) is 63.9 Å². The van der Waals surface area contributed by atoms with Gasteiger partial charge in [-0.3, -0.25) is 4.90 Å². The maximum absolute atomic E-state index is 10.7. The number of aromatic hydroxyl groups is 9. The minimum atomic E-state index is -0.180. The van der Waals surface area contributed by atoms with Crippen LogP contribution in [0.2, 0.25) is 0 Å². The van der Waals surface area contributed by atoms with E-state index in [0.717, 1.165) is 0 Å². The van der Waals surface area contributed by atoms with Crippen LogP contribution in [0.1, 0.15) is 75.8 Å². The molecule has 0 atom stereocenters. The van der Waals surface area contributed by atoms with Crippen molar-refractivity contribution in [3.8, 4) is 51.7 Å². The lowest BCUT2D eigenvalue weighted by Gasteiger charge is -2.25.